The van der Waals surface area contributed by atoms with Crippen molar-refractivity contribution in [2.75, 3.05) is 32.9 Å². The molecule has 258 valence electrons. The molecular weight excluding hydrogens is 650 g/mol. The highest BCUT2D eigenvalue weighted by Crippen LogP contribution is 2.43. The number of rotatable bonds is 13. The number of hydrogen-bond donors (Lipinski definition) is 2. The zero-order chi connectivity index (χ0) is 35.2. The smallest absolute Gasteiger partial charge is 0.256 e. The van der Waals surface area contributed by atoms with Crippen LogP contribution in [0.15, 0.2) is 134 Å². The van der Waals surface area contributed by atoms with Crippen molar-refractivity contribution >= 4 is 22.9 Å². The van der Waals surface area contributed by atoms with E-state index in [0.717, 1.165) is 16.7 Å². The lowest BCUT2D eigenvalue weighted by Gasteiger charge is -2.36. The number of nitrogens with zero attached hydrogens (tertiary/aromatic N) is 4. The fourth-order valence-electron chi connectivity index (χ4n) is 6.19. The zero-order valence-electron chi connectivity index (χ0n) is 27.9. The Labute approximate surface area is 293 Å². The number of fused-ring (bicyclic) bond motifs is 1. The van der Waals surface area contributed by atoms with Gasteiger partial charge < -0.3 is 34.1 Å². The molecule has 0 bridgehead atoms. The van der Waals surface area contributed by atoms with Crippen molar-refractivity contribution in [3.05, 3.63) is 156 Å². The molecule has 1 aliphatic heterocycles. The van der Waals surface area contributed by atoms with Gasteiger partial charge >= 0.3 is 0 Å². The van der Waals surface area contributed by atoms with Gasteiger partial charge in [0.1, 0.15) is 55.0 Å². The summed E-state index contributed by atoms with van der Waals surface area (Å²) in [5.41, 5.74) is 2.76. The third-order valence-electron chi connectivity index (χ3n) is 8.68. The highest BCUT2D eigenvalue weighted by atomic mass is 16.6. The Morgan fingerprint density at radius 3 is 2.04 bits per heavy atom. The predicted molar refractivity (Wildman–Crippen MR) is 188 cm³/mol. The number of hydrogen-bond acceptors (Lipinski definition) is 10. The number of methoxy groups -OCH3 is 2. The largest absolute Gasteiger partial charge is 0.497 e. The number of aliphatic hydroxyl groups is 1. The minimum atomic E-state index is -1.09. The lowest BCUT2D eigenvalue weighted by Crippen LogP contribution is -2.33. The molecule has 1 aliphatic rings. The third kappa shape index (κ3) is 6.63. The van der Waals surface area contributed by atoms with Crippen LogP contribution in [0.3, 0.4) is 0 Å². The van der Waals surface area contributed by atoms with Crippen LogP contribution in [0.2, 0.25) is 0 Å². The maximum absolute atomic E-state index is 12.9. The average Bonchev–Trinajstić information content (AvgIpc) is 3.81. The van der Waals surface area contributed by atoms with Crippen LogP contribution >= 0.6 is 0 Å². The molecule has 3 heterocycles. The summed E-state index contributed by atoms with van der Waals surface area (Å²) >= 11 is 0. The van der Waals surface area contributed by atoms with Crippen molar-refractivity contribution in [3.63, 3.8) is 0 Å². The van der Waals surface area contributed by atoms with Gasteiger partial charge in [-0.3, -0.25) is 9.36 Å². The van der Waals surface area contributed by atoms with Gasteiger partial charge in [0.25, 0.3) is 5.91 Å². The van der Waals surface area contributed by atoms with E-state index < -0.39 is 24.7 Å². The fourth-order valence-corrected chi connectivity index (χ4v) is 6.19. The molecule has 1 amide bonds. The molecule has 51 heavy (non-hydrogen) atoms. The normalized spacial score (nSPS) is 15.6. The first kappa shape index (κ1) is 33.4. The predicted octanol–water partition coefficient (Wildman–Crippen LogP) is 5.85. The standard InChI is InChI=1S/C39H35N5O7/c1-47-30-17-13-28(14-18-30)39(27-11-7-4-8-12-27,29-15-19-31(48-2)20-16-29)50-22-32-21-33(49-25-45)38(51-32)44-24-42-34-35(40-23-41-36(34)44)43-37(46)26-9-5-3-6-10-26/h3-21,23-24,33,38,45H,22,25H2,1-2H3,(H,40,41,43,46)/t33?,38-/m1/s1. The summed E-state index contributed by atoms with van der Waals surface area (Å²) in [5, 5.41) is 12.6. The number of imidazole rings is 1. The lowest BCUT2D eigenvalue weighted by molar-refractivity contribution is -0.0958. The fraction of sp³-hybridized carbons (Fsp3) is 0.179. The van der Waals surface area contributed by atoms with E-state index >= 15 is 0 Å². The Bertz CT molecular complexity index is 2070. The summed E-state index contributed by atoms with van der Waals surface area (Å²) < 4.78 is 31.8. The van der Waals surface area contributed by atoms with Gasteiger partial charge in [-0.2, -0.15) is 0 Å². The monoisotopic (exact) mass is 685 g/mol. The molecule has 2 N–H and O–H groups in total. The Hall–Kier alpha value is -6.08. The average molecular weight is 686 g/mol. The van der Waals surface area contributed by atoms with Crippen molar-refractivity contribution in [2.45, 2.75) is 17.9 Å². The van der Waals surface area contributed by atoms with E-state index in [9.17, 15) is 9.90 Å². The summed E-state index contributed by atoms with van der Waals surface area (Å²) in [6.07, 6.45) is 3.12. The quantitative estimate of drug-likeness (QED) is 0.112. The summed E-state index contributed by atoms with van der Waals surface area (Å²) in [7, 11) is 3.25. The Morgan fingerprint density at radius 1 is 0.824 bits per heavy atom. The SMILES string of the molecule is COc1ccc(C(OCC2=CC(OCO)[C@H](n3cnc4c(NC(=O)c5ccccc5)ncnc43)O2)(c2ccccc2)c2ccc(OC)cc2)cc1. The van der Waals surface area contributed by atoms with Crippen LogP contribution in [-0.2, 0) is 19.8 Å². The van der Waals surface area contributed by atoms with Gasteiger partial charge in [0.2, 0.25) is 6.23 Å². The third-order valence-corrected chi connectivity index (χ3v) is 8.68. The highest BCUT2D eigenvalue weighted by Gasteiger charge is 2.40. The molecule has 12 heteroatoms. The number of benzene rings is 4. The van der Waals surface area contributed by atoms with E-state index in [1.54, 1.807) is 49.1 Å². The number of carbonyl (C=O) groups excluding carboxylic acids is 1. The van der Waals surface area contributed by atoms with Crippen LogP contribution in [0.25, 0.3) is 11.2 Å². The first-order valence-corrected chi connectivity index (χ1v) is 16.2. The number of ether oxygens (including phenoxy) is 5. The topological polar surface area (TPSA) is 139 Å². The molecule has 7 rings (SSSR count). The second-order valence-corrected chi connectivity index (χ2v) is 11.6. The molecule has 0 saturated heterocycles. The van der Waals surface area contributed by atoms with Gasteiger partial charge in [0.05, 0.1) is 14.2 Å². The maximum Gasteiger partial charge on any atom is 0.256 e. The van der Waals surface area contributed by atoms with Crippen molar-refractivity contribution in [2.24, 2.45) is 0 Å². The lowest BCUT2D eigenvalue weighted by atomic mass is 9.80. The highest BCUT2D eigenvalue weighted by molar-refractivity contribution is 6.06. The summed E-state index contributed by atoms with van der Waals surface area (Å²) in [6.45, 7) is -0.532. The second kappa shape index (κ2) is 14.8. The van der Waals surface area contributed by atoms with Crippen molar-refractivity contribution < 1.29 is 33.6 Å². The number of carbonyl (C=O) groups is 1. The first-order chi connectivity index (χ1) is 25.0. The Balaban J connectivity index is 1.21. The van der Waals surface area contributed by atoms with E-state index in [1.807, 2.05) is 84.9 Å². The molecule has 0 radical (unpaired) electrons. The number of nitrogens with one attached hydrogen (secondary N) is 1. The molecule has 12 nitrogen and oxygen atoms in total. The van der Waals surface area contributed by atoms with Crippen LogP contribution in [0.5, 0.6) is 11.5 Å². The van der Waals surface area contributed by atoms with E-state index in [-0.39, 0.29) is 18.3 Å². The molecule has 0 saturated carbocycles. The van der Waals surface area contributed by atoms with Crippen LogP contribution in [0, 0.1) is 0 Å². The Morgan fingerprint density at radius 2 is 1.43 bits per heavy atom. The van der Waals surface area contributed by atoms with Gasteiger partial charge in [-0.1, -0.05) is 72.8 Å². The molecule has 4 aromatic carbocycles. The van der Waals surface area contributed by atoms with Crippen LogP contribution in [0.1, 0.15) is 33.3 Å². The number of aromatic nitrogens is 4. The molecule has 0 aliphatic carbocycles. The van der Waals surface area contributed by atoms with Gasteiger partial charge in [0.15, 0.2) is 17.0 Å². The summed E-state index contributed by atoms with van der Waals surface area (Å²) in [4.78, 5) is 26.1. The van der Waals surface area contributed by atoms with Gasteiger partial charge in [0, 0.05) is 5.56 Å². The molecule has 6 aromatic rings. The second-order valence-electron chi connectivity index (χ2n) is 11.6. The molecule has 2 aromatic heterocycles. The van der Waals surface area contributed by atoms with E-state index in [0.29, 0.717) is 34.0 Å². The van der Waals surface area contributed by atoms with Crippen LogP contribution < -0.4 is 14.8 Å². The first-order valence-electron chi connectivity index (χ1n) is 16.2. The van der Waals surface area contributed by atoms with Crippen molar-refractivity contribution in [3.8, 4) is 11.5 Å². The van der Waals surface area contributed by atoms with Crippen LogP contribution in [0.4, 0.5) is 5.82 Å². The minimum Gasteiger partial charge on any atom is -0.497 e. The Kier molecular flexibility index (Phi) is 9.70. The molecule has 1 unspecified atom stereocenters. The number of amides is 1. The molecule has 0 fully saturated rings. The van der Waals surface area contributed by atoms with Crippen molar-refractivity contribution in [1.29, 1.82) is 0 Å². The maximum atomic E-state index is 12.9. The van der Waals surface area contributed by atoms with Gasteiger partial charge in [-0.25, -0.2) is 15.0 Å². The number of aliphatic hydroxyl groups excluding tert-OH is 1. The number of anilines is 1. The molecule has 0 spiro atoms. The van der Waals surface area contributed by atoms with E-state index in [2.05, 4.69) is 20.3 Å². The zero-order valence-corrected chi connectivity index (χ0v) is 27.9. The minimum absolute atomic E-state index is 0.0226. The van der Waals surface area contributed by atoms with Gasteiger partial charge in [-0.05, 0) is 59.2 Å². The van der Waals surface area contributed by atoms with E-state index in [1.165, 1.54) is 12.7 Å². The van der Waals surface area contributed by atoms with E-state index in [4.69, 9.17) is 23.7 Å². The molecule has 2 atom stereocenters. The van der Waals surface area contributed by atoms with Gasteiger partial charge in [-0.15, -0.1) is 0 Å². The molecular formula is C39H35N5O7. The van der Waals surface area contributed by atoms with Crippen LogP contribution in [-0.4, -0.2) is 64.3 Å². The summed E-state index contributed by atoms with van der Waals surface area (Å²) in [5.74, 6) is 1.80. The van der Waals surface area contributed by atoms with Crippen molar-refractivity contribution in [1.82, 2.24) is 19.5 Å². The summed E-state index contributed by atoms with van der Waals surface area (Å²) in [6, 6.07) is 34.2.